The second-order valence-electron chi connectivity index (χ2n) is 3.42. The molecular weight excluding hydrogens is 254 g/mol. The summed E-state index contributed by atoms with van der Waals surface area (Å²) in [4.78, 5) is 14.9. The maximum absolute atomic E-state index is 10.7. The van der Waals surface area contributed by atoms with Crippen LogP contribution in [0.4, 0.5) is 0 Å². The van der Waals surface area contributed by atoms with E-state index in [-0.39, 0.29) is 5.76 Å². The fourth-order valence-corrected chi connectivity index (χ4v) is 2.33. The number of carbonyl (C=O) groups is 1. The number of hydrogen-bond acceptors (Lipinski definition) is 5. The average Bonchev–Trinajstić information content (AvgIpc) is 2.97. The molecule has 0 amide bonds. The molecule has 0 bridgehead atoms. The number of aromatic nitrogens is 3. The predicted octanol–water partition coefficient (Wildman–Crippen LogP) is 2.17. The SMILES string of the molecule is O=C(O)c1ccc(Sc2nccn3nccc23)o1. The topological polar surface area (TPSA) is 80.6 Å². The second kappa shape index (κ2) is 4.19. The van der Waals surface area contributed by atoms with Crippen molar-refractivity contribution >= 4 is 23.2 Å². The largest absolute Gasteiger partial charge is 0.475 e. The van der Waals surface area contributed by atoms with Crippen molar-refractivity contribution in [3.05, 3.63) is 42.5 Å². The third-order valence-corrected chi connectivity index (χ3v) is 3.21. The number of fused-ring (bicyclic) bond motifs is 1. The number of nitrogens with zero attached hydrogens (tertiary/aromatic N) is 3. The van der Waals surface area contributed by atoms with Gasteiger partial charge in [-0.1, -0.05) is 0 Å². The number of carboxylic acids is 1. The van der Waals surface area contributed by atoms with Gasteiger partial charge in [0.2, 0.25) is 5.76 Å². The van der Waals surface area contributed by atoms with E-state index in [0.717, 1.165) is 5.52 Å². The Balaban J connectivity index is 1.96. The standard InChI is InChI=1S/C11H7N3O3S/c15-11(16)8-1-2-9(17-8)18-10-7-3-4-13-14(7)6-5-12-10/h1-6H,(H,15,16). The van der Waals surface area contributed by atoms with Crippen LogP contribution in [0.3, 0.4) is 0 Å². The molecule has 0 radical (unpaired) electrons. The van der Waals surface area contributed by atoms with Crippen LogP contribution >= 0.6 is 11.8 Å². The van der Waals surface area contributed by atoms with E-state index in [1.54, 1.807) is 29.2 Å². The van der Waals surface area contributed by atoms with Gasteiger partial charge in [0.05, 0.1) is 11.7 Å². The lowest BCUT2D eigenvalue weighted by molar-refractivity contribution is 0.0656. The molecule has 0 aliphatic rings. The molecule has 1 N–H and O–H groups in total. The Morgan fingerprint density at radius 2 is 2.22 bits per heavy atom. The molecule has 90 valence electrons. The molecule has 0 saturated carbocycles. The highest BCUT2D eigenvalue weighted by molar-refractivity contribution is 7.99. The number of hydrogen-bond donors (Lipinski definition) is 1. The van der Waals surface area contributed by atoms with Crippen LogP contribution in [-0.4, -0.2) is 25.7 Å². The lowest BCUT2D eigenvalue weighted by Crippen LogP contribution is -1.91. The van der Waals surface area contributed by atoms with Crippen molar-refractivity contribution in [1.29, 1.82) is 0 Å². The second-order valence-corrected chi connectivity index (χ2v) is 4.41. The first kappa shape index (κ1) is 10.8. The van der Waals surface area contributed by atoms with Gasteiger partial charge >= 0.3 is 5.97 Å². The maximum atomic E-state index is 10.7. The van der Waals surface area contributed by atoms with E-state index in [2.05, 4.69) is 10.1 Å². The van der Waals surface area contributed by atoms with Crippen LogP contribution in [0.5, 0.6) is 0 Å². The highest BCUT2D eigenvalue weighted by Gasteiger charge is 2.12. The number of carboxylic acid groups (broad SMARTS) is 1. The lowest BCUT2D eigenvalue weighted by atomic mass is 10.5. The molecule has 18 heavy (non-hydrogen) atoms. The lowest BCUT2D eigenvalue weighted by Gasteiger charge is -1.99. The van der Waals surface area contributed by atoms with E-state index in [0.29, 0.717) is 10.1 Å². The molecule has 0 aliphatic heterocycles. The van der Waals surface area contributed by atoms with Crippen LogP contribution in [0.1, 0.15) is 10.6 Å². The number of aromatic carboxylic acids is 1. The summed E-state index contributed by atoms with van der Waals surface area (Å²) >= 11 is 1.26. The van der Waals surface area contributed by atoms with Crippen molar-refractivity contribution in [1.82, 2.24) is 14.6 Å². The molecule has 6 nitrogen and oxygen atoms in total. The fraction of sp³-hybridized carbons (Fsp3) is 0. The highest BCUT2D eigenvalue weighted by atomic mass is 32.2. The molecule has 3 aromatic heterocycles. The first-order valence-corrected chi connectivity index (χ1v) is 5.85. The van der Waals surface area contributed by atoms with Crippen LogP contribution in [0.15, 0.2) is 51.3 Å². The normalized spacial score (nSPS) is 10.9. The zero-order valence-electron chi connectivity index (χ0n) is 8.98. The van der Waals surface area contributed by atoms with E-state index in [9.17, 15) is 4.79 Å². The van der Waals surface area contributed by atoms with Crippen molar-refractivity contribution in [3.8, 4) is 0 Å². The molecule has 0 spiro atoms. The Labute approximate surface area is 105 Å². The van der Waals surface area contributed by atoms with Gasteiger partial charge in [0.25, 0.3) is 0 Å². The monoisotopic (exact) mass is 261 g/mol. The quantitative estimate of drug-likeness (QED) is 0.778. The highest BCUT2D eigenvalue weighted by Crippen LogP contribution is 2.30. The summed E-state index contributed by atoms with van der Waals surface area (Å²) in [6.45, 7) is 0. The maximum Gasteiger partial charge on any atom is 0.371 e. The molecule has 0 fully saturated rings. The zero-order chi connectivity index (χ0) is 12.5. The first-order chi connectivity index (χ1) is 8.74. The van der Waals surface area contributed by atoms with Gasteiger partial charge < -0.3 is 9.52 Å². The molecule has 3 rings (SSSR count). The van der Waals surface area contributed by atoms with Crippen molar-refractivity contribution in [3.63, 3.8) is 0 Å². The summed E-state index contributed by atoms with van der Waals surface area (Å²) in [7, 11) is 0. The van der Waals surface area contributed by atoms with Gasteiger partial charge in [0.15, 0.2) is 5.09 Å². The van der Waals surface area contributed by atoms with Crippen molar-refractivity contribution in [2.45, 2.75) is 10.1 Å². The van der Waals surface area contributed by atoms with Crippen LogP contribution in [-0.2, 0) is 0 Å². The Morgan fingerprint density at radius 3 is 3.00 bits per heavy atom. The van der Waals surface area contributed by atoms with E-state index in [4.69, 9.17) is 9.52 Å². The van der Waals surface area contributed by atoms with Gasteiger partial charge in [-0.15, -0.1) is 0 Å². The third kappa shape index (κ3) is 1.84. The van der Waals surface area contributed by atoms with Gasteiger partial charge in [0.1, 0.15) is 5.03 Å². The van der Waals surface area contributed by atoms with Gasteiger partial charge in [-0.05, 0) is 30.0 Å². The minimum Gasteiger partial charge on any atom is -0.475 e. The van der Waals surface area contributed by atoms with Crippen LogP contribution < -0.4 is 0 Å². The van der Waals surface area contributed by atoms with E-state index < -0.39 is 5.97 Å². The molecule has 0 aliphatic carbocycles. The van der Waals surface area contributed by atoms with Gasteiger partial charge in [-0.25, -0.2) is 14.3 Å². The predicted molar refractivity (Wildman–Crippen MR) is 62.8 cm³/mol. The Hall–Kier alpha value is -2.28. The van der Waals surface area contributed by atoms with Crippen LogP contribution in [0, 0.1) is 0 Å². The molecule has 3 aromatic rings. The smallest absolute Gasteiger partial charge is 0.371 e. The van der Waals surface area contributed by atoms with Crippen molar-refractivity contribution in [2.24, 2.45) is 0 Å². The molecule has 0 atom stereocenters. The minimum atomic E-state index is -1.09. The van der Waals surface area contributed by atoms with E-state index in [1.807, 2.05) is 6.07 Å². The Morgan fingerprint density at radius 1 is 1.33 bits per heavy atom. The zero-order valence-corrected chi connectivity index (χ0v) is 9.79. The first-order valence-electron chi connectivity index (χ1n) is 5.03. The van der Waals surface area contributed by atoms with Gasteiger partial charge in [0, 0.05) is 12.4 Å². The van der Waals surface area contributed by atoms with Gasteiger partial charge in [-0.3, -0.25) is 0 Å². The molecule has 0 saturated heterocycles. The molecule has 0 aromatic carbocycles. The Kier molecular flexibility index (Phi) is 2.52. The van der Waals surface area contributed by atoms with E-state index in [1.165, 1.54) is 17.8 Å². The number of furan rings is 1. The molecular formula is C11H7N3O3S. The molecule has 7 heteroatoms. The summed E-state index contributed by atoms with van der Waals surface area (Å²) in [6, 6.07) is 4.85. The average molecular weight is 261 g/mol. The summed E-state index contributed by atoms with van der Waals surface area (Å²) < 4.78 is 6.86. The van der Waals surface area contributed by atoms with Crippen molar-refractivity contribution < 1.29 is 14.3 Å². The minimum absolute atomic E-state index is 0.0852. The van der Waals surface area contributed by atoms with Crippen molar-refractivity contribution in [2.75, 3.05) is 0 Å². The van der Waals surface area contributed by atoms with Gasteiger partial charge in [-0.2, -0.15) is 5.10 Å². The number of rotatable bonds is 3. The van der Waals surface area contributed by atoms with Crippen LogP contribution in [0.2, 0.25) is 0 Å². The summed E-state index contributed by atoms with van der Waals surface area (Å²) in [5.41, 5.74) is 0.843. The van der Waals surface area contributed by atoms with E-state index >= 15 is 0 Å². The summed E-state index contributed by atoms with van der Waals surface area (Å²) in [6.07, 6.45) is 5.04. The molecule has 0 unspecified atom stereocenters. The Bertz CT molecular complexity index is 719. The molecule has 3 heterocycles. The fourth-order valence-electron chi connectivity index (χ4n) is 1.50. The summed E-state index contributed by atoms with van der Waals surface area (Å²) in [5, 5.41) is 14.1. The third-order valence-electron chi connectivity index (χ3n) is 2.28. The van der Waals surface area contributed by atoms with Crippen LogP contribution in [0.25, 0.3) is 5.52 Å². The summed E-state index contributed by atoms with van der Waals surface area (Å²) in [5.74, 6) is -1.17.